The molecule has 0 radical (unpaired) electrons. The van der Waals surface area contributed by atoms with Gasteiger partial charge < -0.3 is 0 Å². The fourth-order valence-electron chi connectivity index (χ4n) is 4.10. The highest BCUT2D eigenvalue weighted by Crippen LogP contribution is 2.42. The summed E-state index contributed by atoms with van der Waals surface area (Å²) in [6.07, 6.45) is 2.59. The van der Waals surface area contributed by atoms with E-state index < -0.39 is 11.2 Å². The molecule has 1 aliphatic heterocycles. The first-order chi connectivity index (χ1) is 18.9. The molecule has 10 heteroatoms. The Labute approximate surface area is 243 Å². The summed E-state index contributed by atoms with van der Waals surface area (Å²) in [5, 5.41) is 14.1. The summed E-state index contributed by atoms with van der Waals surface area (Å²) in [5.74, 6) is -0.858. The van der Waals surface area contributed by atoms with E-state index in [2.05, 4.69) is 10.3 Å². The average molecular weight is 592 g/mol. The summed E-state index contributed by atoms with van der Waals surface area (Å²) in [6, 6.07) is 25.9. The zero-order valence-corrected chi connectivity index (χ0v) is 23.4. The summed E-state index contributed by atoms with van der Waals surface area (Å²) in [7, 11) is 0. The number of anilines is 2. The number of thioether (sulfide) groups is 1. The predicted octanol–water partition coefficient (Wildman–Crippen LogP) is 7.11. The molecule has 0 saturated carbocycles. The van der Waals surface area contributed by atoms with Crippen molar-refractivity contribution in [2.24, 2.45) is 0 Å². The van der Waals surface area contributed by atoms with Gasteiger partial charge in [0, 0.05) is 33.2 Å². The van der Waals surface area contributed by atoms with Crippen molar-refractivity contribution < 1.29 is 9.59 Å². The number of nitrogens with one attached hydrogen (secondary N) is 1. The number of thiazole rings is 1. The Morgan fingerprint density at radius 3 is 2.28 bits per heavy atom. The van der Waals surface area contributed by atoms with Crippen LogP contribution in [0.4, 0.5) is 10.8 Å². The van der Waals surface area contributed by atoms with E-state index in [1.165, 1.54) is 28.0 Å². The molecule has 0 unspecified atom stereocenters. The number of rotatable bonds is 7. The van der Waals surface area contributed by atoms with Gasteiger partial charge in [0.15, 0.2) is 5.13 Å². The van der Waals surface area contributed by atoms with Crippen LogP contribution in [0.5, 0.6) is 0 Å². The Kier molecular flexibility index (Phi) is 8.34. The van der Waals surface area contributed by atoms with Crippen LogP contribution in [0.25, 0.3) is 0 Å². The topological polar surface area (TPSA) is 86.1 Å². The van der Waals surface area contributed by atoms with Gasteiger partial charge in [0.25, 0.3) is 5.91 Å². The second-order valence-electron chi connectivity index (χ2n) is 8.56. The third-order valence-electron chi connectivity index (χ3n) is 5.98. The fourth-order valence-corrected chi connectivity index (χ4v) is 6.64. The molecule has 39 heavy (non-hydrogen) atoms. The standard InChI is InChI=1S/C29H20Cl2N4O2S2/c30-23-12-6-4-8-18(23)14-21-17-33-29(38-21)34-26(36)22(16-32)28-35(20-10-2-1-3-11-20)27(37)25(39-28)15-19-9-5-7-13-24(19)31/h1-13,17,25H,14-15H2,(H,33,34,36)/b28-22-/t25-/m1/s1. The van der Waals surface area contributed by atoms with Crippen LogP contribution in [-0.4, -0.2) is 22.0 Å². The first kappa shape index (κ1) is 27.0. The van der Waals surface area contributed by atoms with Gasteiger partial charge in [-0.05, 0) is 41.8 Å². The number of nitriles is 1. The third-order valence-corrected chi connectivity index (χ3v) is 8.89. The normalized spacial score (nSPS) is 16.2. The number of benzene rings is 3. The molecule has 3 aromatic carbocycles. The maximum absolute atomic E-state index is 13.6. The number of halogens is 2. The van der Waals surface area contributed by atoms with Crippen molar-refractivity contribution >= 4 is 68.9 Å². The van der Waals surface area contributed by atoms with Crippen LogP contribution in [0.15, 0.2) is 95.7 Å². The highest BCUT2D eigenvalue weighted by Gasteiger charge is 2.41. The number of hydrogen-bond donors (Lipinski definition) is 1. The van der Waals surface area contributed by atoms with E-state index in [9.17, 15) is 14.9 Å². The lowest BCUT2D eigenvalue weighted by Gasteiger charge is -2.18. The summed E-state index contributed by atoms with van der Waals surface area (Å²) in [4.78, 5) is 33.6. The van der Waals surface area contributed by atoms with Crippen LogP contribution in [0.3, 0.4) is 0 Å². The van der Waals surface area contributed by atoms with Gasteiger partial charge in [-0.15, -0.1) is 11.3 Å². The quantitative estimate of drug-likeness (QED) is 0.183. The van der Waals surface area contributed by atoms with Gasteiger partial charge in [-0.1, -0.05) is 89.6 Å². The lowest BCUT2D eigenvalue weighted by Crippen LogP contribution is -2.30. The van der Waals surface area contributed by atoms with E-state index in [0.717, 1.165) is 16.0 Å². The van der Waals surface area contributed by atoms with E-state index in [0.29, 0.717) is 33.7 Å². The van der Waals surface area contributed by atoms with E-state index in [1.807, 2.05) is 54.6 Å². The Balaban J connectivity index is 1.42. The molecule has 1 saturated heterocycles. The minimum atomic E-state index is -0.634. The fraction of sp³-hybridized carbons (Fsp3) is 0.103. The molecule has 194 valence electrons. The summed E-state index contributed by atoms with van der Waals surface area (Å²) < 4.78 is 0. The second kappa shape index (κ2) is 12.1. The first-order valence-electron chi connectivity index (χ1n) is 11.9. The van der Waals surface area contributed by atoms with Gasteiger partial charge in [-0.2, -0.15) is 5.26 Å². The number of amides is 2. The van der Waals surface area contributed by atoms with Gasteiger partial charge in [0.2, 0.25) is 5.91 Å². The summed E-state index contributed by atoms with van der Waals surface area (Å²) >= 11 is 15.1. The van der Waals surface area contributed by atoms with Crippen molar-refractivity contribution in [1.82, 2.24) is 4.98 Å². The zero-order valence-electron chi connectivity index (χ0n) is 20.3. The van der Waals surface area contributed by atoms with Crippen LogP contribution in [0, 0.1) is 11.3 Å². The Hall–Kier alpha value is -3.61. The van der Waals surface area contributed by atoms with E-state index in [1.54, 1.807) is 36.5 Å². The summed E-state index contributed by atoms with van der Waals surface area (Å²) in [5.41, 5.74) is 2.17. The largest absolute Gasteiger partial charge is 0.297 e. The van der Waals surface area contributed by atoms with Crippen molar-refractivity contribution in [3.63, 3.8) is 0 Å². The zero-order chi connectivity index (χ0) is 27.4. The van der Waals surface area contributed by atoms with Gasteiger partial charge in [0.05, 0.1) is 5.25 Å². The Morgan fingerprint density at radius 1 is 0.974 bits per heavy atom. The van der Waals surface area contributed by atoms with Crippen LogP contribution in [-0.2, 0) is 22.4 Å². The van der Waals surface area contributed by atoms with Crippen molar-refractivity contribution in [2.45, 2.75) is 18.1 Å². The molecule has 1 aliphatic rings. The molecule has 1 atom stereocenters. The molecule has 2 amide bonds. The molecule has 0 bridgehead atoms. The molecular weight excluding hydrogens is 571 g/mol. The second-order valence-corrected chi connectivity index (χ2v) is 11.7. The number of nitrogens with zero attached hydrogens (tertiary/aromatic N) is 3. The third kappa shape index (κ3) is 6.02. The molecule has 1 N–H and O–H groups in total. The molecule has 4 aromatic rings. The maximum atomic E-state index is 13.6. The van der Waals surface area contributed by atoms with Crippen LogP contribution >= 0.6 is 46.3 Å². The first-order valence-corrected chi connectivity index (χ1v) is 14.3. The highest BCUT2D eigenvalue weighted by molar-refractivity contribution is 8.05. The maximum Gasteiger partial charge on any atom is 0.270 e. The van der Waals surface area contributed by atoms with E-state index in [-0.39, 0.29) is 16.5 Å². The lowest BCUT2D eigenvalue weighted by molar-refractivity contribution is -0.117. The predicted molar refractivity (Wildman–Crippen MR) is 158 cm³/mol. The molecule has 0 spiro atoms. The molecule has 2 heterocycles. The number of carbonyl (C=O) groups is 2. The number of para-hydroxylation sites is 1. The van der Waals surface area contributed by atoms with Crippen molar-refractivity contribution in [3.05, 3.63) is 122 Å². The molecule has 5 rings (SSSR count). The minimum absolute atomic E-state index is 0.165. The van der Waals surface area contributed by atoms with Crippen molar-refractivity contribution in [1.29, 1.82) is 5.26 Å². The Morgan fingerprint density at radius 2 is 1.62 bits per heavy atom. The van der Waals surface area contributed by atoms with Crippen LogP contribution in [0.1, 0.15) is 16.0 Å². The molecular formula is C29H20Cl2N4O2S2. The van der Waals surface area contributed by atoms with Crippen LogP contribution < -0.4 is 10.2 Å². The Bertz CT molecular complexity index is 1610. The average Bonchev–Trinajstić information content (AvgIpc) is 3.51. The van der Waals surface area contributed by atoms with Crippen molar-refractivity contribution in [2.75, 3.05) is 10.2 Å². The molecule has 6 nitrogen and oxygen atoms in total. The number of hydrogen-bond acceptors (Lipinski definition) is 6. The number of aromatic nitrogens is 1. The number of carbonyl (C=O) groups excluding carboxylic acids is 2. The highest BCUT2D eigenvalue weighted by atomic mass is 35.5. The van der Waals surface area contributed by atoms with Crippen molar-refractivity contribution in [3.8, 4) is 6.07 Å². The van der Waals surface area contributed by atoms with E-state index in [4.69, 9.17) is 23.2 Å². The van der Waals surface area contributed by atoms with Gasteiger partial charge in [-0.3, -0.25) is 19.8 Å². The summed E-state index contributed by atoms with van der Waals surface area (Å²) in [6.45, 7) is 0. The smallest absolute Gasteiger partial charge is 0.270 e. The monoisotopic (exact) mass is 590 g/mol. The minimum Gasteiger partial charge on any atom is -0.297 e. The van der Waals surface area contributed by atoms with Gasteiger partial charge >= 0.3 is 0 Å². The van der Waals surface area contributed by atoms with Gasteiger partial charge in [-0.25, -0.2) is 4.98 Å². The molecule has 1 fully saturated rings. The van der Waals surface area contributed by atoms with Crippen LogP contribution in [0.2, 0.25) is 10.0 Å². The van der Waals surface area contributed by atoms with E-state index >= 15 is 0 Å². The lowest BCUT2D eigenvalue weighted by atomic mass is 10.1. The van der Waals surface area contributed by atoms with Gasteiger partial charge in [0.1, 0.15) is 16.7 Å². The molecule has 1 aromatic heterocycles. The molecule has 0 aliphatic carbocycles. The SMILES string of the molecule is N#C/C(C(=O)Nc1ncc(Cc2ccccc2Cl)s1)=C1/S[C@H](Cc2ccccc2Cl)C(=O)N1c1ccccc1.